The van der Waals surface area contributed by atoms with Gasteiger partial charge in [0.25, 0.3) is 0 Å². The first-order valence-electron chi connectivity index (χ1n) is 10.7. The minimum atomic E-state index is -4.47. The summed E-state index contributed by atoms with van der Waals surface area (Å²) in [4.78, 5) is 0. The molecule has 0 saturated carbocycles. The largest absolute Gasteiger partial charge is 0.399 e. The molecule has 0 radical (unpaired) electrons. The van der Waals surface area contributed by atoms with Gasteiger partial charge in [0.1, 0.15) is 5.92 Å². The molecule has 0 unspecified atom stereocenters. The van der Waals surface area contributed by atoms with Gasteiger partial charge in [0, 0.05) is 11.4 Å². The monoisotopic (exact) mass is 446 g/mol. The minimum Gasteiger partial charge on any atom is -0.398 e. The van der Waals surface area contributed by atoms with Crippen molar-refractivity contribution >= 4 is 11.4 Å². The van der Waals surface area contributed by atoms with E-state index in [9.17, 15) is 13.2 Å². The fraction of sp³-hybridized carbons (Fsp3) is 0.143. The Morgan fingerprint density at radius 2 is 0.970 bits per heavy atom. The van der Waals surface area contributed by atoms with Crippen LogP contribution in [0.2, 0.25) is 0 Å². The fourth-order valence-electron chi connectivity index (χ4n) is 4.12. The molecule has 5 heteroatoms. The van der Waals surface area contributed by atoms with Crippen molar-refractivity contribution in [2.75, 3.05) is 11.5 Å². The van der Waals surface area contributed by atoms with Crippen LogP contribution in [0.1, 0.15) is 39.3 Å². The highest BCUT2D eigenvalue weighted by atomic mass is 19.4. The van der Waals surface area contributed by atoms with Crippen LogP contribution in [-0.4, -0.2) is 6.18 Å². The van der Waals surface area contributed by atoms with Gasteiger partial charge in [0.2, 0.25) is 0 Å². The van der Waals surface area contributed by atoms with E-state index in [1.54, 1.807) is 24.3 Å². The number of rotatable bonds is 6. The van der Waals surface area contributed by atoms with Crippen molar-refractivity contribution in [1.29, 1.82) is 0 Å². The second-order valence-electron chi connectivity index (χ2n) is 8.22. The molecule has 0 spiro atoms. The zero-order valence-electron chi connectivity index (χ0n) is 18.0. The van der Waals surface area contributed by atoms with Crippen molar-refractivity contribution in [2.24, 2.45) is 0 Å². The van der Waals surface area contributed by atoms with Gasteiger partial charge < -0.3 is 11.5 Å². The maximum atomic E-state index is 14.3. The van der Waals surface area contributed by atoms with E-state index in [-0.39, 0.29) is 11.1 Å². The smallest absolute Gasteiger partial charge is 0.398 e. The van der Waals surface area contributed by atoms with Gasteiger partial charge in [-0.25, -0.2) is 0 Å². The van der Waals surface area contributed by atoms with Crippen LogP contribution >= 0.6 is 0 Å². The summed E-state index contributed by atoms with van der Waals surface area (Å²) < 4.78 is 43.0. The molecule has 0 aliphatic heterocycles. The molecule has 0 aliphatic rings. The first kappa shape index (κ1) is 22.5. The lowest BCUT2D eigenvalue weighted by Gasteiger charge is -2.23. The Bertz CT molecular complexity index is 1130. The van der Waals surface area contributed by atoms with E-state index >= 15 is 0 Å². The summed E-state index contributed by atoms with van der Waals surface area (Å²) in [6, 6.07) is 28.3. The third kappa shape index (κ3) is 5.37. The van der Waals surface area contributed by atoms with E-state index in [2.05, 4.69) is 0 Å². The van der Waals surface area contributed by atoms with E-state index in [4.69, 9.17) is 11.5 Å². The summed E-state index contributed by atoms with van der Waals surface area (Å²) in [5.41, 5.74) is 16.8. The first-order valence-corrected chi connectivity index (χ1v) is 10.7. The summed E-state index contributed by atoms with van der Waals surface area (Å²) in [6.07, 6.45) is -3.54. The Labute approximate surface area is 191 Å². The Morgan fingerprint density at radius 1 is 0.576 bits per heavy atom. The van der Waals surface area contributed by atoms with E-state index < -0.39 is 12.1 Å². The molecule has 4 N–H and O–H groups in total. The van der Waals surface area contributed by atoms with Crippen LogP contribution in [0.5, 0.6) is 0 Å². The fourth-order valence-corrected chi connectivity index (χ4v) is 4.12. The van der Waals surface area contributed by atoms with Crippen LogP contribution in [0.3, 0.4) is 0 Å². The number of benzene rings is 4. The lowest BCUT2D eigenvalue weighted by atomic mass is 9.86. The molecule has 4 aromatic rings. The second kappa shape index (κ2) is 9.41. The highest BCUT2D eigenvalue weighted by molar-refractivity contribution is 5.55. The van der Waals surface area contributed by atoms with Gasteiger partial charge in [-0.3, -0.25) is 0 Å². The number of alkyl halides is 3. The molecular weight excluding hydrogens is 421 g/mol. The zero-order valence-corrected chi connectivity index (χ0v) is 18.0. The Hall–Kier alpha value is -3.73. The molecule has 2 nitrogen and oxygen atoms in total. The van der Waals surface area contributed by atoms with Crippen LogP contribution in [0.25, 0.3) is 0 Å². The quantitative estimate of drug-likeness (QED) is 0.323. The molecule has 0 amide bonds. The molecule has 4 rings (SSSR count). The third-order valence-electron chi connectivity index (χ3n) is 5.80. The normalized spacial score (nSPS) is 11.6. The predicted octanol–water partition coefficient (Wildman–Crippen LogP) is 6.73. The highest BCUT2D eigenvalue weighted by Gasteiger charge is 2.42. The SMILES string of the molecule is Nc1ccc(C(c2ccc(N)c(Cc3ccccc3)c2)C(F)(F)F)cc1Cc1ccccc1. The molecule has 0 fully saturated rings. The van der Waals surface area contributed by atoms with Gasteiger partial charge in [0.05, 0.1) is 0 Å². The van der Waals surface area contributed by atoms with Gasteiger partial charge >= 0.3 is 6.18 Å². The first-order chi connectivity index (χ1) is 15.8. The second-order valence-corrected chi connectivity index (χ2v) is 8.22. The lowest BCUT2D eigenvalue weighted by molar-refractivity contribution is -0.141. The van der Waals surface area contributed by atoms with Crippen LogP contribution in [0.4, 0.5) is 24.5 Å². The van der Waals surface area contributed by atoms with E-state index in [1.807, 2.05) is 60.7 Å². The average molecular weight is 447 g/mol. The van der Waals surface area contributed by atoms with Crippen molar-refractivity contribution in [3.63, 3.8) is 0 Å². The molecule has 0 aromatic heterocycles. The van der Waals surface area contributed by atoms with Crippen molar-refractivity contribution in [2.45, 2.75) is 24.9 Å². The maximum absolute atomic E-state index is 14.3. The topological polar surface area (TPSA) is 52.0 Å². The van der Waals surface area contributed by atoms with Gasteiger partial charge in [-0.05, 0) is 58.4 Å². The summed E-state index contributed by atoms with van der Waals surface area (Å²) in [5, 5.41) is 0. The average Bonchev–Trinajstić information content (AvgIpc) is 2.79. The molecule has 0 heterocycles. The molecule has 0 aliphatic carbocycles. The standard InChI is InChI=1S/C28H25F3N2/c29-28(30,31)27(21-11-13-25(32)23(17-21)15-19-7-3-1-4-8-19)22-12-14-26(33)24(18-22)16-20-9-5-2-6-10-20/h1-14,17-18,27H,15-16,32-33H2. The van der Waals surface area contributed by atoms with E-state index in [1.165, 1.54) is 12.1 Å². The Balaban J connectivity index is 1.73. The predicted molar refractivity (Wildman–Crippen MR) is 128 cm³/mol. The summed E-state index contributed by atoms with van der Waals surface area (Å²) >= 11 is 0. The molecule has 0 saturated heterocycles. The van der Waals surface area contributed by atoms with Crippen molar-refractivity contribution in [1.82, 2.24) is 0 Å². The van der Waals surface area contributed by atoms with Crippen LogP contribution in [0.15, 0.2) is 97.1 Å². The number of nitrogens with two attached hydrogens (primary N) is 2. The molecule has 33 heavy (non-hydrogen) atoms. The maximum Gasteiger partial charge on any atom is 0.399 e. The number of anilines is 2. The van der Waals surface area contributed by atoms with Crippen LogP contribution < -0.4 is 11.5 Å². The molecule has 0 bridgehead atoms. The molecular formula is C28H25F3N2. The van der Waals surface area contributed by atoms with Crippen molar-refractivity contribution in [3.05, 3.63) is 130 Å². The number of halogens is 3. The Morgan fingerprint density at radius 3 is 1.33 bits per heavy atom. The zero-order chi connectivity index (χ0) is 23.4. The van der Waals surface area contributed by atoms with Gasteiger partial charge in [0.15, 0.2) is 0 Å². The van der Waals surface area contributed by atoms with E-state index in [0.717, 1.165) is 11.1 Å². The van der Waals surface area contributed by atoms with Crippen molar-refractivity contribution in [3.8, 4) is 0 Å². The number of hydrogen-bond acceptors (Lipinski definition) is 2. The van der Waals surface area contributed by atoms with Gasteiger partial charge in [-0.2, -0.15) is 13.2 Å². The highest BCUT2D eigenvalue weighted by Crippen LogP contribution is 2.42. The van der Waals surface area contributed by atoms with Crippen LogP contribution in [-0.2, 0) is 12.8 Å². The van der Waals surface area contributed by atoms with Crippen LogP contribution in [0, 0.1) is 0 Å². The van der Waals surface area contributed by atoms with Crippen molar-refractivity contribution < 1.29 is 13.2 Å². The molecule has 0 atom stereocenters. The summed E-state index contributed by atoms with van der Waals surface area (Å²) in [6.45, 7) is 0. The number of hydrogen-bond donors (Lipinski definition) is 2. The summed E-state index contributed by atoms with van der Waals surface area (Å²) in [7, 11) is 0. The molecule has 4 aromatic carbocycles. The van der Waals surface area contributed by atoms with E-state index in [0.29, 0.717) is 35.3 Å². The lowest BCUT2D eigenvalue weighted by Crippen LogP contribution is -2.22. The summed E-state index contributed by atoms with van der Waals surface area (Å²) in [5.74, 6) is -1.78. The number of nitrogen functional groups attached to an aromatic ring is 2. The minimum absolute atomic E-state index is 0.165. The van der Waals surface area contributed by atoms with Gasteiger partial charge in [-0.15, -0.1) is 0 Å². The van der Waals surface area contributed by atoms with Gasteiger partial charge in [-0.1, -0.05) is 84.9 Å². The third-order valence-corrected chi connectivity index (χ3v) is 5.80. The molecule has 168 valence electrons. The Kier molecular flexibility index (Phi) is 6.40.